The van der Waals surface area contributed by atoms with Crippen molar-refractivity contribution in [1.29, 1.82) is 0 Å². The molecule has 0 fully saturated rings. The zero-order valence-electron chi connectivity index (χ0n) is 20.5. The molecule has 0 aliphatic carbocycles. The lowest BCUT2D eigenvalue weighted by Gasteiger charge is -2.19. The fourth-order valence-electron chi connectivity index (χ4n) is 3.36. The summed E-state index contributed by atoms with van der Waals surface area (Å²) in [6, 6.07) is 18.1. The van der Waals surface area contributed by atoms with Crippen LogP contribution in [0.5, 0.6) is 0 Å². The van der Waals surface area contributed by atoms with Crippen molar-refractivity contribution in [3.8, 4) is 11.8 Å². The Balaban J connectivity index is 0.00000533. The summed E-state index contributed by atoms with van der Waals surface area (Å²) in [6.45, 7) is 1.75. The summed E-state index contributed by atoms with van der Waals surface area (Å²) in [4.78, 5) is 36.1. The van der Waals surface area contributed by atoms with E-state index in [1.807, 2.05) is 0 Å². The largest absolute Gasteiger partial charge is 0.391 e. The van der Waals surface area contributed by atoms with Crippen molar-refractivity contribution in [2.45, 2.75) is 33.0 Å². The Morgan fingerprint density at radius 3 is 2.13 bits per heavy atom. The molecule has 0 aromatic heterocycles. The minimum Gasteiger partial charge on any atom is -0.391 e. The van der Waals surface area contributed by atoms with Crippen molar-refractivity contribution in [1.82, 2.24) is 16.1 Å². The Kier molecular flexibility index (Phi) is 11.8. The van der Waals surface area contributed by atoms with E-state index in [2.05, 4.69) is 27.8 Å². The average Bonchev–Trinajstić information content (AvgIpc) is 2.91. The molecule has 3 aromatic carbocycles. The Labute approximate surface area is 226 Å². The van der Waals surface area contributed by atoms with E-state index < -0.39 is 24.0 Å². The average molecular weight is 535 g/mol. The van der Waals surface area contributed by atoms with Gasteiger partial charge in [0, 0.05) is 28.9 Å². The van der Waals surface area contributed by atoms with Crippen molar-refractivity contribution >= 4 is 23.4 Å². The molecular formula is C29H31FN4O5. The molecule has 3 amide bonds. The van der Waals surface area contributed by atoms with E-state index in [1.165, 1.54) is 36.7 Å². The first-order chi connectivity index (χ1) is 18.2. The van der Waals surface area contributed by atoms with Crippen LogP contribution in [-0.2, 0) is 16.1 Å². The fourth-order valence-corrected chi connectivity index (χ4v) is 3.36. The van der Waals surface area contributed by atoms with Crippen LogP contribution in [0.15, 0.2) is 72.8 Å². The highest BCUT2D eigenvalue weighted by Crippen LogP contribution is 2.10. The van der Waals surface area contributed by atoms with E-state index in [4.69, 9.17) is 5.21 Å². The normalized spacial score (nSPS) is 11.6. The minimum atomic E-state index is -1.31. The maximum atomic E-state index is 13.2. The molecule has 0 radical (unpaired) electrons. The molecule has 0 heterocycles. The first-order valence-corrected chi connectivity index (χ1v) is 11.6. The standard InChI is InChI=1S/C28H27FN4O5.CH4/c1-18(34)26(28(37)33-38)32-27(36)22-11-7-19(8-12-22)5-6-20-9-13-24(14-10-20)31-25(35)17-30-16-21-3-2-4-23(29)15-21;/h2-4,7-15,18,26,30,34,38H,16-17H2,1H3,(H,31,35)(H,32,36)(H,33,37);1H4/t18-,26+;/m1./s1. The highest BCUT2D eigenvalue weighted by Gasteiger charge is 2.25. The van der Waals surface area contributed by atoms with Gasteiger partial charge in [0.1, 0.15) is 11.9 Å². The second-order valence-corrected chi connectivity index (χ2v) is 8.35. The molecule has 6 N–H and O–H groups in total. The number of amides is 3. The van der Waals surface area contributed by atoms with Gasteiger partial charge in [0.25, 0.3) is 11.8 Å². The highest BCUT2D eigenvalue weighted by atomic mass is 19.1. The first kappa shape index (κ1) is 30.7. The van der Waals surface area contributed by atoms with Crippen LogP contribution in [0.4, 0.5) is 10.1 Å². The molecule has 3 aromatic rings. The summed E-state index contributed by atoms with van der Waals surface area (Å²) in [7, 11) is 0. The maximum Gasteiger partial charge on any atom is 0.268 e. The van der Waals surface area contributed by atoms with Crippen molar-refractivity contribution in [3.05, 3.63) is 101 Å². The Hall–Kier alpha value is -4.56. The Morgan fingerprint density at radius 2 is 1.56 bits per heavy atom. The number of nitrogens with one attached hydrogen (secondary N) is 4. The molecule has 2 atom stereocenters. The van der Waals surface area contributed by atoms with E-state index in [0.29, 0.717) is 23.4 Å². The van der Waals surface area contributed by atoms with Gasteiger partial charge in [-0.3, -0.25) is 19.6 Å². The second-order valence-electron chi connectivity index (χ2n) is 8.35. The van der Waals surface area contributed by atoms with Crippen LogP contribution in [0.3, 0.4) is 0 Å². The molecule has 0 aliphatic heterocycles. The van der Waals surface area contributed by atoms with Gasteiger partial charge in [0.05, 0.1) is 12.6 Å². The number of anilines is 1. The van der Waals surface area contributed by atoms with Crippen LogP contribution in [0.1, 0.15) is 41.4 Å². The lowest BCUT2D eigenvalue weighted by molar-refractivity contribution is -0.133. The second kappa shape index (κ2) is 15.0. The highest BCUT2D eigenvalue weighted by molar-refractivity contribution is 5.97. The fraction of sp³-hybridized carbons (Fsp3) is 0.207. The molecule has 9 nitrogen and oxygen atoms in total. The third-order valence-corrected chi connectivity index (χ3v) is 5.33. The number of hydrogen-bond acceptors (Lipinski definition) is 6. The molecule has 0 saturated heterocycles. The Morgan fingerprint density at radius 1 is 0.949 bits per heavy atom. The van der Waals surface area contributed by atoms with Crippen LogP contribution in [0.2, 0.25) is 0 Å². The summed E-state index contributed by atoms with van der Waals surface area (Å²) < 4.78 is 13.2. The van der Waals surface area contributed by atoms with Crippen LogP contribution in [0.25, 0.3) is 0 Å². The van der Waals surface area contributed by atoms with Crippen molar-refractivity contribution in [2.24, 2.45) is 0 Å². The number of aliphatic hydroxyl groups is 1. The predicted octanol–water partition coefficient (Wildman–Crippen LogP) is 2.57. The van der Waals surface area contributed by atoms with Crippen LogP contribution >= 0.6 is 0 Å². The van der Waals surface area contributed by atoms with Gasteiger partial charge in [-0.15, -0.1) is 0 Å². The Bertz CT molecular complexity index is 1330. The smallest absolute Gasteiger partial charge is 0.268 e. The molecule has 0 aliphatic rings. The minimum absolute atomic E-state index is 0. The molecule has 39 heavy (non-hydrogen) atoms. The SMILES string of the molecule is C.C[C@@H](O)[C@H](NC(=O)c1ccc(C#Cc2ccc(NC(=O)CNCc3cccc(F)c3)cc2)cc1)C(=O)NO. The van der Waals surface area contributed by atoms with Crippen molar-refractivity contribution in [2.75, 3.05) is 11.9 Å². The molecule has 0 saturated carbocycles. The number of benzene rings is 3. The van der Waals surface area contributed by atoms with Crippen LogP contribution < -0.4 is 21.4 Å². The maximum absolute atomic E-state index is 13.2. The van der Waals surface area contributed by atoms with Crippen LogP contribution in [0, 0.1) is 17.7 Å². The van der Waals surface area contributed by atoms with Gasteiger partial charge in [0.2, 0.25) is 5.91 Å². The molecule has 10 heteroatoms. The van der Waals surface area contributed by atoms with E-state index in [0.717, 1.165) is 5.56 Å². The quantitative estimate of drug-likeness (QED) is 0.142. The number of aliphatic hydroxyl groups excluding tert-OH is 1. The van der Waals surface area contributed by atoms with Crippen molar-refractivity contribution < 1.29 is 29.1 Å². The summed E-state index contributed by atoms with van der Waals surface area (Å²) in [5.41, 5.74) is 4.36. The number of carbonyl (C=O) groups is 3. The molecule has 0 spiro atoms. The third-order valence-electron chi connectivity index (χ3n) is 5.33. The molecule has 0 bridgehead atoms. The van der Waals surface area contributed by atoms with Gasteiger partial charge >= 0.3 is 0 Å². The van der Waals surface area contributed by atoms with Gasteiger partial charge in [-0.1, -0.05) is 31.4 Å². The number of halogens is 1. The predicted molar refractivity (Wildman–Crippen MR) is 145 cm³/mol. The van der Waals surface area contributed by atoms with Gasteiger partial charge in [-0.25, -0.2) is 9.87 Å². The summed E-state index contributed by atoms with van der Waals surface area (Å²) in [5, 5.41) is 26.5. The number of rotatable bonds is 9. The first-order valence-electron chi connectivity index (χ1n) is 11.6. The summed E-state index contributed by atoms with van der Waals surface area (Å²) in [6.07, 6.45) is -1.21. The van der Waals surface area contributed by atoms with Gasteiger partial charge < -0.3 is 21.1 Å². The lowest BCUT2D eigenvalue weighted by Crippen LogP contribution is -2.51. The summed E-state index contributed by atoms with van der Waals surface area (Å²) >= 11 is 0. The van der Waals surface area contributed by atoms with Crippen molar-refractivity contribution in [3.63, 3.8) is 0 Å². The van der Waals surface area contributed by atoms with E-state index in [-0.39, 0.29) is 31.3 Å². The lowest BCUT2D eigenvalue weighted by atomic mass is 10.1. The topological polar surface area (TPSA) is 140 Å². The number of hydroxylamine groups is 1. The van der Waals surface area contributed by atoms with E-state index in [1.54, 1.807) is 48.5 Å². The van der Waals surface area contributed by atoms with Gasteiger partial charge in [0.15, 0.2) is 0 Å². The van der Waals surface area contributed by atoms with E-state index in [9.17, 15) is 23.9 Å². The molecule has 0 unspecified atom stereocenters. The summed E-state index contributed by atoms with van der Waals surface area (Å²) in [5.74, 6) is 3.89. The van der Waals surface area contributed by atoms with E-state index >= 15 is 0 Å². The van der Waals surface area contributed by atoms with Gasteiger partial charge in [-0.05, 0) is 73.2 Å². The zero-order chi connectivity index (χ0) is 27.5. The number of carbonyl (C=O) groups excluding carboxylic acids is 3. The van der Waals surface area contributed by atoms with Crippen LogP contribution in [-0.4, -0.2) is 46.7 Å². The molecule has 3 rings (SSSR count). The molecule has 204 valence electrons. The van der Waals surface area contributed by atoms with Gasteiger partial charge in [-0.2, -0.15) is 0 Å². The molecular weight excluding hydrogens is 503 g/mol. The third kappa shape index (κ3) is 9.68. The zero-order valence-corrected chi connectivity index (χ0v) is 20.5. The number of hydrogen-bond donors (Lipinski definition) is 6. The monoisotopic (exact) mass is 534 g/mol.